The van der Waals surface area contributed by atoms with Crippen molar-refractivity contribution in [3.63, 3.8) is 0 Å². The maximum atomic E-state index is 13.9. The standard InChI is InChI=1S/C28H32N6O5S/c1-3-39-18-10-8-17(9-11-18)30-25(36)22-21-14-16(2)28(40-21)23(22)27(38)33(12-13-35)24(28)26(37)29-15-34-20-7-5-4-6-19(20)31-32-34/h4-11,16,21-24,35H,3,12-15H2,1-2H3,(H,29,37)(H,30,36)/t16?,21-,22+,23-,24?,28?/m0/s1. The number of anilines is 1. The average molecular weight is 565 g/mol. The van der Waals surface area contributed by atoms with Crippen LogP contribution >= 0.6 is 11.8 Å². The quantitative estimate of drug-likeness (QED) is 0.358. The Morgan fingerprint density at radius 3 is 2.70 bits per heavy atom. The molecule has 0 saturated carbocycles. The minimum Gasteiger partial charge on any atom is -0.494 e. The molecule has 2 bridgehead atoms. The fourth-order valence-electron chi connectivity index (χ4n) is 6.78. The first kappa shape index (κ1) is 26.6. The van der Waals surface area contributed by atoms with Crippen molar-refractivity contribution in [2.75, 3.05) is 25.1 Å². The van der Waals surface area contributed by atoms with Crippen LogP contribution in [-0.4, -0.2) is 78.5 Å². The average Bonchev–Trinajstić information content (AvgIpc) is 3.66. The molecule has 40 heavy (non-hydrogen) atoms. The number of hydrogen-bond donors (Lipinski definition) is 3. The largest absolute Gasteiger partial charge is 0.494 e. The Bertz CT molecular complexity index is 1450. The molecular formula is C28H32N6O5S. The van der Waals surface area contributed by atoms with E-state index in [1.54, 1.807) is 40.7 Å². The number of carbonyl (C=O) groups is 3. The van der Waals surface area contributed by atoms with Crippen LogP contribution in [0.3, 0.4) is 0 Å². The van der Waals surface area contributed by atoms with E-state index >= 15 is 0 Å². The van der Waals surface area contributed by atoms with Gasteiger partial charge in [-0.15, -0.1) is 16.9 Å². The van der Waals surface area contributed by atoms with Gasteiger partial charge >= 0.3 is 0 Å². The molecule has 210 valence electrons. The van der Waals surface area contributed by atoms with Gasteiger partial charge in [0.15, 0.2) is 0 Å². The zero-order valence-corrected chi connectivity index (χ0v) is 23.1. The lowest BCUT2D eigenvalue weighted by atomic mass is 9.66. The molecule has 1 spiro atoms. The molecule has 6 rings (SSSR count). The summed E-state index contributed by atoms with van der Waals surface area (Å²) in [4.78, 5) is 42.9. The van der Waals surface area contributed by atoms with Gasteiger partial charge in [-0.25, -0.2) is 4.68 Å². The molecule has 4 heterocycles. The Morgan fingerprint density at radius 2 is 1.95 bits per heavy atom. The summed E-state index contributed by atoms with van der Waals surface area (Å²) in [6.45, 7) is 4.33. The third-order valence-electron chi connectivity index (χ3n) is 8.39. The molecule has 3 fully saturated rings. The number of fused-ring (bicyclic) bond motifs is 2. The fraction of sp³-hybridized carbons (Fsp3) is 0.464. The minimum absolute atomic E-state index is 0.0204. The molecule has 11 nitrogen and oxygen atoms in total. The van der Waals surface area contributed by atoms with Crippen molar-refractivity contribution in [3.05, 3.63) is 48.5 Å². The number of carbonyl (C=O) groups excluding carboxylic acids is 3. The minimum atomic E-state index is -0.819. The molecule has 3 N–H and O–H groups in total. The summed E-state index contributed by atoms with van der Waals surface area (Å²) in [5.74, 6) is -1.32. The second kappa shape index (κ2) is 10.4. The lowest BCUT2D eigenvalue weighted by Crippen LogP contribution is -2.56. The Balaban J connectivity index is 1.26. The topological polar surface area (TPSA) is 139 Å². The van der Waals surface area contributed by atoms with E-state index < -0.39 is 22.6 Å². The van der Waals surface area contributed by atoms with Crippen molar-refractivity contribution in [2.24, 2.45) is 17.8 Å². The molecule has 0 aliphatic carbocycles. The van der Waals surface area contributed by atoms with Crippen LogP contribution in [0.4, 0.5) is 5.69 Å². The van der Waals surface area contributed by atoms with Gasteiger partial charge in [0.05, 0.1) is 35.3 Å². The van der Waals surface area contributed by atoms with Crippen LogP contribution in [0.25, 0.3) is 11.0 Å². The van der Waals surface area contributed by atoms with Gasteiger partial charge in [0, 0.05) is 17.5 Å². The van der Waals surface area contributed by atoms with Crippen LogP contribution < -0.4 is 15.4 Å². The summed E-state index contributed by atoms with van der Waals surface area (Å²) in [6.07, 6.45) is 0.722. The van der Waals surface area contributed by atoms with Crippen LogP contribution in [-0.2, 0) is 21.1 Å². The molecule has 3 unspecified atom stereocenters. The number of benzene rings is 2. The first-order valence-corrected chi connectivity index (χ1v) is 14.5. The number of aliphatic hydroxyl groups excluding tert-OH is 1. The number of likely N-dealkylation sites (tertiary alicyclic amines) is 1. The summed E-state index contributed by atoms with van der Waals surface area (Å²) < 4.78 is 6.32. The highest BCUT2D eigenvalue weighted by molar-refractivity contribution is 8.02. The number of β-amino-alcohol motifs (C(OH)–C–C–N with tert-alkyl or cyclic N) is 1. The van der Waals surface area contributed by atoms with Crippen LogP contribution in [0.15, 0.2) is 48.5 Å². The van der Waals surface area contributed by atoms with Gasteiger partial charge in [-0.05, 0) is 55.7 Å². The number of aliphatic hydroxyl groups is 1. The van der Waals surface area contributed by atoms with E-state index in [0.29, 0.717) is 23.6 Å². The highest BCUT2D eigenvalue weighted by atomic mass is 32.2. The number of para-hydroxylation sites is 1. The van der Waals surface area contributed by atoms with E-state index in [4.69, 9.17) is 4.74 Å². The molecule has 2 aromatic carbocycles. The Kier molecular flexibility index (Phi) is 6.91. The van der Waals surface area contributed by atoms with Crippen molar-refractivity contribution in [3.8, 4) is 5.75 Å². The second-order valence-corrected chi connectivity index (χ2v) is 12.1. The number of aromatic nitrogens is 3. The van der Waals surface area contributed by atoms with Crippen LogP contribution in [0, 0.1) is 17.8 Å². The molecule has 12 heteroatoms. The van der Waals surface area contributed by atoms with E-state index in [1.807, 2.05) is 31.2 Å². The van der Waals surface area contributed by atoms with E-state index in [-0.39, 0.29) is 48.7 Å². The van der Waals surface area contributed by atoms with Crippen molar-refractivity contribution in [1.29, 1.82) is 0 Å². The molecule has 3 amide bonds. The van der Waals surface area contributed by atoms with Gasteiger partial charge in [0.2, 0.25) is 17.7 Å². The highest BCUT2D eigenvalue weighted by Crippen LogP contribution is 2.68. The monoisotopic (exact) mass is 564 g/mol. The number of ether oxygens (including phenoxy) is 1. The first-order chi connectivity index (χ1) is 19.4. The number of hydrogen-bond acceptors (Lipinski definition) is 8. The summed E-state index contributed by atoms with van der Waals surface area (Å²) in [6, 6.07) is 13.8. The summed E-state index contributed by atoms with van der Waals surface area (Å²) in [5.41, 5.74) is 2.12. The number of amides is 3. The Labute approximate surface area is 235 Å². The van der Waals surface area contributed by atoms with E-state index in [9.17, 15) is 19.5 Å². The third kappa shape index (κ3) is 4.12. The molecule has 1 aromatic heterocycles. The second-order valence-electron chi connectivity index (χ2n) is 10.5. The first-order valence-electron chi connectivity index (χ1n) is 13.6. The van der Waals surface area contributed by atoms with Crippen LogP contribution in [0.2, 0.25) is 0 Å². The number of thioether (sulfide) groups is 1. The van der Waals surface area contributed by atoms with Gasteiger partial charge in [-0.1, -0.05) is 24.3 Å². The predicted octanol–water partition coefficient (Wildman–Crippen LogP) is 1.87. The van der Waals surface area contributed by atoms with Crippen molar-refractivity contribution in [1.82, 2.24) is 25.2 Å². The highest BCUT2D eigenvalue weighted by Gasteiger charge is 2.75. The third-order valence-corrected chi connectivity index (χ3v) is 10.5. The molecule has 3 aliphatic heterocycles. The van der Waals surface area contributed by atoms with E-state index in [1.165, 1.54) is 4.90 Å². The Hall–Kier alpha value is -3.64. The normalized spacial score (nSPS) is 28.6. The van der Waals surface area contributed by atoms with Gasteiger partial charge in [-0.2, -0.15) is 0 Å². The lowest BCUT2D eigenvalue weighted by molar-refractivity contribution is -0.139. The van der Waals surface area contributed by atoms with Crippen molar-refractivity contribution < 1.29 is 24.2 Å². The lowest BCUT2D eigenvalue weighted by Gasteiger charge is -2.38. The zero-order chi connectivity index (χ0) is 28.0. The van der Waals surface area contributed by atoms with Crippen molar-refractivity contribution in [2.45, 2.75) is 43.0 Å². The molecule has 3 saturated heterocycles. The van der Waals surface area contributed by atoms with Gasteiger partial charge in [0.25, 0.3) is 0 Å². The molecule has 6 atom stereocenters. The molecule has 0 radical (unpaired) electrons. The van der Waals surface area contributed by atoms with Gasteiger partial charge in [-0.3, -0.25) is 14.4 Å². The van der Waals surface area contributed by atoms with Crippen LogP contribution in [0.1, 0.15) is 20.3 Å². The summed E-state index contributed by atoms with van der Waals surface area (Å²) >= 11 is 1.59. The molecular weight excluding hydrogens is 532 g/mol. The SMILES string of the molecule is CCOc1ccc(NC(=O)[C@@H]2[C@@H]3CC(C)C4(S3)C(C(=O)NCn3nnc5ccccc53)N(CCO)C(=O)[C@H]24)cc1. The summed E-state index contributed by atoms with van der Waals surface area (Å²) in [5, 5.41) is 24.0. The zero-order valence-electron chi connectivity index (χ0n) is 22.3. The van der Waals surface area contributed by atoms with E-state index in [2.05, 4.69) is 27.9 Å². The summed E-state index contributed by atoms with van der Waals surface area (Å²) in [7, 11) is 0. The van der Waals surface area contributed by atoms with Gasteiger partial charge in [0.1, 0.15) is 24.0 Å². The number of nitrogens with one attached hydrogen (secondary N) is 2. The van der Waals surface area contributed by atoms with Gasteiger partial charge < -0.3 is 25.4 Å². The molecule has 3 aromatic rings. The number of rotatable bonds is 9. The maximum Gasteiger partial charge on any atom is 0.245 e. The maximum absolute atomic E-state index is 13.9. The fourth-order valence-corrected chi connectivity index (χ4v) is 9.20. The molecule has 3 aliphatic rings. The smallest absolute Gasteiger partial charge is 0.245 e. The van der Waals surface area contributed by atoms with E-state index in [0.717, 1.165) is 11.9 Å². The Morgan fingerprint density at radius 1 is 1.18 bits per heavy atom. The van der Waals surface area contributed by atoms with Crippen LogP contribution in [0.5, 0.6) is 5.75 Å². The van der Waals surface area contributed by atoms with Crippen molar-refractivity contribution >= 4 is 46.2 Å². The number of nitrogens with zero attached hydrogens (tertiary/aromatic N) is 4. The predicted molar refractivity (Wildman–Crippen MR) is 149 cm³/mol.